The molecule has 1 aromatic heterocycles. The molecule has 0 saturated heterocycles. The summed E-state index contributed by atoms with van der Waals surface area (Å²) in [5.41, 5.74) is 6.86. The lowest BCUT2D eigenvalue weighted by Gasteiger charge is -2.05. The molecule has 0 bridgehead atoms. The summed E-state index contributed by atoms with van der Waals surface area (Å²) < 4.78 is 0. The van der Waals surface area contributed by atoms with Crippen LogP contribution in [-0.2, 0) is 0 Å². The van der Waals surface area contributed by atoms with Crippen LogP contribution >= 0.6 is 11.6 Å². The number of H-pyrrole nitrogens is 1. The minimum atomic E-state index is -0.152. The Morgan fingerprint density at radius 1 is 1.12 bits per heavy atom. The van der Waals surface area contributed by atoms with Gasteiger partial charge in [-0.1, -0.05) is 23.7 Å². The minimum Gasteiger partial charge on any atom is -0.399 e. The second kappa shape index (κ2) is 3.50. The lowest BCUT2D eigenvalue weighted by atomic mass is 10.1. The summed E-state index contributed by atoms with van der Waals surface area (Å²) in [6, 6.07) is 10.7. The van der Waals surface area contributed by atoms with Crippen molar-refractivity contribution < 1.29 is 0 Å². The molecule has 84 valence electrons. The molecule has 0 aliphatic heterocycles. The lowest BCUT2D eigenvalue weighted by Crippen LogP contribution is -2.06. The van der Waals surface area contributed by atoms with Gasteiger partial charge in [0.2, 0.25) is 0 Å². The Kier molecular flexibility index (Phi) is 2.09. The Morgan fingerprint density at radius 3 is 2.76 bits per heavy atom. The maximum Gasteiger partial charge on any atom is 0.256 e. The molecular formula is C13H9ClN2O. The average Bonchev–Trinajstić information content (AvgIpc) is 2.29. The van der Waals surface area contributed by atoms with E-state index in [1.165, 1.54) is 0 Å². The second-order valence-electron chi connectivity index (χ2n) is 3.92. The quantitative estimate of drug-likeness (QED) is 0.472. The first-order valence-corrected chi connectivity index (χ1v) is 5.54. The van der Waals surface area contributed by atoms with Crippen molar-refractivity contribution in [3.05, 3.63) is 51.8 Å². The molecule has 1 heterocycles. The number of rotatable bonds is 0. The normalized spacial score (nSPS) is 11.1. The van der Waals surface area contributed by atoms with Gasteiger partial charge in [-0.3, -0.25) is 4.79 Å². The highest BCUT2D eigenvalue weighted by atomic mass is 35.5. The number of nitrogens with two attached hydrogens (primary N) is 1. The predicted octanol–water partition coefficient (Wildman–Crippen LogP) is 2.92. The summed E-state index contributed by atoms with van der Waals surface area (Å²) in [6.07, 6.45) is 0. The topological polar surface area (TPSA) is 58.9 Å². The largest absolute Gasteiger partial charge is 0.399 e. The van der Waals surface area contributed by atoms with E-state index in [9.17, 15) is 4.79 Å². The van der Waals surface area contributed by atoms with E-state index in [2.05, 4.69) is 4.98 Å². The van der Waals surface area contributed by atoms with Gasteiger partial charge in [0.1, 0.15) is 0 Å². The highest BCUT2D eigenvalue weighted by molar-refractivity contribution is 6.37. The Balaban J connectivity index is 2.68. The van der Waals surface area contributed by atoms with Crippen LogP contribution in [0.3, 0.4) is 0 Å². The van der Waals surface area contributed by atoms with Gasteiger partial charge in [-0.05, 0) is 24.3 Å². The number of nitrogen functional groups attached to an aromatic ring is 1. The fourth-order valence-electron chi connectivity index (χ4n) is 2.06. The van der Waals surface area contributed by atoms with Crippen LogP contribution < -0.4 is 11.3 Å². The van der Waals surface area contributed by atoms with E-state index < -0.39 is 0 Å². The van der Waals surface area contributed by atoms with Crippen molar-refractivity contribution in [3.63, 3.8) is 0 Å². The van der Waals surface area contributed by atoms with E-state index in [0.717, 1.165) is 10.8 Å². The summed E-state index contributed by atoms with van der Waals surface area (Å²) in [4.78, 5) is 14.7. The van der Waals surface area contributed by atoms with Crippen LogP contribution in [0.25, 0.3) is 21.7 Å². The third-order valence-corrected chi connectivity index (χ3v) is 3.13. The zero-order chi connectivity index (χ0) is 12.0. The average molecular weight is 245 g/mol. The van der Waals surface area contributed by atoms with Crippen LogP contribution in [-0.4, -0.2) is 4.98 Å². The van der Waals surface area contributed by atoms with Gasteiger partial charge in [0.05, 0.1) is 5.52 Å². The van der Waals surface area contributed by atoms with Crippen molar-refractivity contribution in [2.75, 3.05) is 5.73 Å². The van der Waals surface area contributed by atoms with Crippen molar-refractivity contribution >= 4 is 39.0 Å². The maximum absolute atomic E-state index is 11.9. The van der Waals surface area contributed by atoms with Gasteiger partial charge < -0.3 is 10.7 Å². The van der Waals surface area contributed by atoms with E-state index >= 15 is 0 Å². The fraction of sp³-hybridized carbons (Fsp3) is 0. The van der Waals surface area contributed by atoms with Gasteiger partial charge in [-0.2, -0.15) is 0 Å². The summed E-state index contributed by atoms with van der Waals surface area (Å²) in [7, 11) is 0. The fourth-order valence-corrected chi connectivity index (χ4v) is 2.34. The molecular weight excluding hydrogens is 236 g/mol. The zero-order valence-corrected chi connectivity index (χ0v) is 9.58. The first-order valence-electron chi connectivity index (χ1n) is 5.16. The highest BCUT2D eigenvalue weighted by Crippen LogP contribution is 2.28. The van der Waals surface area contributed by atoms with Crippen molar-refractivity contribution in [3.8, 4) is 0 Å². The van der Waals surface area contributed by atoms with E-state index in [4.69, 9.17) is 17.3 Å². The summed E-state index contributed by atoms with van der Waals surface area (Å²) in [5, 5.41) is 2.84. The molecule has 4 heteroatoms. The highest BCUT2D eigenvalue weighted by Gasteiger charge is 2.07. The molecule has 0 unspecified atom stereocenters. The molecule has 0 saturated carbocycles. The van der Waals surface area contributed by atoms with Crippen LogP contribution in [0, 0.1) is 0 Å². The molecule has 0 atom stereocenters. The number of hydrogen-bond acceptors (Lipinski definition) is 2. The van der Waals surface area contributed by atoms with E-state index in [1.807, 2.05) is 6.07 Å². The number of aromatic nitrogens is 1. The van der Waals surface area contributed by atoms with Crippen molar-refractivity contribution in [1.29, 1.82) is 0 Å². The number of nitrogens with one attached hydrogen (secondary N) is 1. The Hall–Kier alpha value is -2.00. The van der Waals surface area contributed by atoms with Crippen LogP contribution in [0.4, 0.5) is 5.69 Å². The van der Waals surface area contributed by atoms with Crippen molar-refractivity contribution in [1.82, 2.24) is 4.98 Å². The molecule has 2 aromatic carbocycles. The molecule has 0 spiro atoms. The summed E-state index contributed by atoms with van der Waals surface area (Å²) in [5.74, 6) is 0. The lowest BCUT2D eigenvalue weighted by molar-refractivity contribution is 1.34. The second-order valence-corrected chi connectivity index (χ2v) is 4.33. The number of aromatic amines is 1. The Morgan fingerprint density at radius 2 is 1.94 bits per heavy atom. The molecule has 0 radical (unpaired) electrons. The number of benzene rings is 2. The molecule has 0 aliphatic carbocycles. The molecule has 3 nitrogen and oxygen atoms in total. The Labute approximate surface area is 102 Å². The van der Waals surface area contributed by atoms with Crippen LogP contribution in [0.2, 0.25) is 5.02 Å². The maximum atomic E-state index is 11.9. The molecule has 3 aromatic rings. The first kappa shape index (κ1) is 10.2. The number of hydrogen-bond donors (Lipinski definition) is 2. The summed E-state index contributed by atoms with van der Waals surface area (Å²) >= 11 is 6.16. The van der Waals surface area contributed by atoms with Crippen LogP contribution in [0.15, 0.2) is 41.2 Å². The predicted molar refractivity (Wildman–Crippen MR) is 71.5 cm³/mol. The van der Waals surface area contributed by atoms with Gasteiger partial charge in [0.25, 0.3) is 5.56 Å². The van der Waals surface area contributed by atoms with E-state index in [1.54, 1.807) is 30.3 Å². The van der Waals surface area contributed by atoms with Crippen LogP contribution in [0.1, 0.15) is 0 Å². The third-order valence-electron chi connectivity index (χ3n) is 2.82. The third kappa shape index (κ3) is 1.47. The molecule has 3 N–H and O–H groups in total. The van der Waals surface area contributed by atoms with Crippen molar-refractivity contribution in [2.45, 2.75) is 0 Å². The smallest absolute Gasteiger partial charge is 0.256 e. The molecule has 3 rings (SSSR count). The van der Waals surface area contributed by atoms with E-state index in [0.29, 0.717) is 21.6 Å². The number of fused-ring (bicyclic) bond motifs is 3. The standard InChI is InChI=1S/C13H9ClN2O/c14-10-3-1-2-9-12(10)8-5-4-7(15)6-11(8)16-13(9)17/h1-6H,15H2,(H,16,17). The minimum absolute atomic E-state index is 0.152. The zero-order valence-electron chi connectivity index (χ0n) is 8.83. The number of halogens is 1. The molecule has 0 amide bonds. The number of pyridine rings is 1. The first-order chi connectivity index (χ1) is 8.16. The molecule has 0 aliphatic rings. The molecule has 0 fully saturated rings. The van der Waals surface area contributed by atoms with Gasteiger partial charge in [-0.15, -0.1) is 0 Å². The van der Waals surface area contributed by atoms with Gasteiger partial charge in [0.15, 0.2) is 0 Å². The van der Waals surface area contributed by atoms with E-state index in [-0.39, 0.29) is 5.56 Å². The van der Waals surface area contributed by atoms with Crippen LogP contribution in [0.5, 0.6) is 0 Å². The van der Waals surface area contributed by atoms with Gasteiger partial charge in [-0.25, -0.2) is 0 Å². The summed E-state index contributed by atoms with van der Waals surface area (Å²) in [6.45, 7) is 0. The van der Waals surface area contributed by atoms with Crippen molar-refractivity contribution in [2.24, 2.45) is 0 Å². The molecule has 17 heavy (non-hydrogen) atoms. The SMILES string of the molecule is Nc1ccc2c(c1)[nH]c(=O)c1cccc(Cl)c12. The monoisotopic (exact) mass is 244 g/mol. The Bertz CT molecular complexity index is 792. The van der Waals surface area contributed by atoms with Gasteiger partial charge >= 0.3 is 0 Å². The number of anilines is 1. The van der Waals surface area contributed by atoms with Gasteiger partial charge in [0, 0.05) is 26.9 Å².